The molecule has 0 saturated heterocycles. The van der Waals surface area contributed by atoms with E-state index in [-0.39, 0.29) is 12.5 Å². The molecule has 3 nitrogen and oxygen atoms in total. The molecule has 0 bridgehead atoms. The molecule has 0 amide bonds. The van der Waals surface area contributed by atoms with Gasteiger partial charge in [-0.25, -0.2) is 4.98 Å². The van der Waals surface area contributed by atoms with Crippen molar-refractivity contribution in [3.63, 3.8) is 0 Å². The third-order valence-electron chi connectivity index (χ3n) is 3.67. The van der Waals surface area contributed by atoms with E-state index in [2.05, 4.69) is 4.98 Å². The first-order valence-electron chi connectivity index (χ1n) is 6.84. The molecule has 1 saturated carbocycles. The third-order valence-corrected chi connectivity index (χ3v) is 3.67. The van der Waals surface area contributed by atoms with Crippen LogP contribution in [0.15, 0.2) is 18.3 Å². The molecule has 0 atom stereocenters. The van der Waals surface area contributed by atoms with E-state index in [4.69, 9.17) is 10.5 Å². The summed E-state index contributed by atoms with van der Waals surface area (Å²) in [7, 11) is 0. The Bertz CT molecular complexity index is 440. The molecule has 1 aliphatic rings. The highest BCUT2D eigenvalue weighted by molar-refractivity contribution is 5.23. The van der Waals surface area contributed by atoms with E-state index in [1.165, 1.54) is 0 Å². The molecule has 0 radical (unpaired) electrons. The van der Waals surface area contributed by atoms with Crippen LogP contribution in [0.3, 0.4) is 0 Å². The summed E-state index contributed by atoms with van der Waals surface area (Å²) in [6, 6.07) is 1.84. The van der Waals surface area contributed by atoms with Gasteiger partial charge in [0.25, 0.3) is 0 Å². The minimum atomic E-state index is -4.39. The van der Waals surface area contributed by atoms with Gasteiger partial charge in [0.1, 0.15) is 6.61 Å². The van der Waals surface area contributed by atoms with E-state index < -0.39 is 17.3 Å². The summed E-state index contributed by atoms with van der Waals surface area (Å²) >= 11 is 0. The fourth-order valence-electron chi connectivity index (χ4n) is 2.46. The maximum Gasteiger partial charge on any atom is 0.416 e. The summed E-state index contributed by atoms with van der Waals surface area (Å²) in [5.41, 5.74) is 5.05. The van der Waals surface area contributed by atoms with Crippen LogP contribution in [0.1, 0.15) is 44.1 Å². The van der Waals surface area contributed by atoms with Gasteiger partial charge in [0.2, 0.25) is 5.88 Å². The van der Waals surface area contributed by atoms with Gasteiger partial charge in [-0.05, 0) is 18.9 Å². The summed E-state index contributed by atoms with van der Waals surface area (Å²) in [6.07, 6.45) is 2.78. The Morgan fingerprint density at radius 1 is 1.20 bits per heavy atom. The molecule has 1 aromatic heterocycles. The molecule has 1 aliphatic carbocycles. The molecule has 1 heterocycles. The van der Waals surface area contributed by atoms with Gasteiger partial charge in [-0.3, -0.25) is 0 Å². The van der Waals surface area contributed by atoms with Crippen molar-refractivity contribution in [2.45, 2.75) is 50.2 Å². The Morgan fingerprint density at radius 3 is 2.45 bits per heavy atom. The van der Waals surface area contributed by atoms with E-state index in [0.717, 1.165) is 56.9 Å². The van der Waals surface area contributed by atoms with Crippen molar-refractivity contribution >= 4 is 0 Å². The zero-order valence-electron chi connectivity index (χ0n) is 11.2. The van der Waals surface area contributed by atoms with E-state index in [9.17, 15) is 13.2 Å². The van der Waals surface area contributed by atoms with Crippen LogP contribution < -0.4 is 10.5 Å². The van der Waals surface area contributed by atoms with Crippen molar-refractivity contribution in [2.24, 2.45) is 5.73 Å². The number of aromatic nitrogens is 1. The molecule has 112 valence electrons. The maximum absolute atomic E-state index is 12.6. The van der Waals surface area contributed by atoms with Crippen LogP contribution in [0.25, 0.3) is 0 Å². The van der Waals surface area contributed by atoms with Crippen LogP contribution in [-0.2, 0) is 6.18 Å². The second-order valence-electron chi connectivity index (χ2n) is 5.45. The minimum Gasteiger partial charge on any atom is -0.476 e. The number of nitrogens with two attached hydrogens (primary N) is 1. The molecule has 0 aromatic carbocycles. The lowest BCUT2D eigenvalue weighted by Gasteiger charge is -2.27. The molecule has 20 heavy (non-hydrogen) atoms. The van der Waals surface area contributed by atoms with E-state index in [0.29, 0.717) is 0 Å². The quantitative estimate of drug-likeness (QED) is 0.866. The second kappa shape index (κ2) is 5.99. The van der Waals surface area contributed by atoms with Gasteiger partial charge < -0.3 is 10.5 Å². The highest BCUT2D eigenvalue weighted by Crippen LogP contribution is 2.31. The second-order valence-corrected chi connectivity index (χ2v) is 5.45. The number of ether oxygens (including phenoxy) is 1. The molecular weight excluding hydrogens is 269 g/mol. The minimum absolute atomic E-state index is 0.0195. The van der Waals surface area contributed by atoms with Crippen molar-refractivity contribution < 1.29 is 17.9 Å². The van der Waals surface area contributed by atoms with Gasteiger partial charge >= 0.3 is 6.18 Å². The van der Waals surface area contributed by atoms with Crippen LogP contribution >= 0.6 is 0 Å². The van der Waals surface area contributed by atoms with Crippen LogP contribution in [0.5, 0.6) is 5.88 Å². The molecule has 2 N–H and O–H groups in total. The SMILES string of the molecule is NC1(COc2cc(C(F)(F)F)ccn2)CCCCCC1. The van der Waals surface area contributed by atoms with Crippen LogP contribution in [0.4, 0.5) is 13.2 Å². The fraction of sp³-hybridized carbons (Fsp3) is 0.643. The molecule has 2 rings (SSSR count). The van der Waals surface area contributed by atoms with Crippen LogP contribution in [0.2, 0.25) is 0 Å². The molecule has 1 fully saturated rings. The van der Waals surface area contributed by atoms with Crippen molar-refractivity contribution in [1.29, 1.82) is 0 Å². The normalized spacial score (nSPS) is 19.4. The summed E-state index contributed by atoms with van der Waals surface area (Å²) in [5.74, 6) is -0.0195. The number of alkyl halides is 3. The molecule has 0 spiro atoms. The molecule has 1 aromatic rings. The summed E-state index contributed by atoms with van der Waals surface area (Å²) in [5, 5.41) is 0. The van der Waals surface area contributed by atoms with Crippen LogP contribution in [0, 0.1) is 0 Å². The first kappa shape index (κ1) is 15.1. The van der Waals surface area contributed by atoms with Gasteiger partial charge in [-0.2, -0.15) is 13.2 Å². The number of hydrogen-bond donors (Lipinski definition) is 1. The van der Waals surface area contributed by atoms with Crippen molar-refractivity contribution in [3.8, 4) is 5.88 Å². The zero-order chi connectivity index (χ0) is 14.6. The zero-order valence-corrected chi connectivity index (χ0v) is 11.2. The van der Waals surface area contributed by atoms with Crippen molar-refractivity contribution in [1.82, 2.24) is 4.98 Å². The number of nitrogens with zero attached hydrogens (tertiary/aromatic N) is 1. The molecule has 6 heteroatoms. The monoisotopic (exact) mass is 288 g/mol. The summed E-state index contributed by atoms with van der Waals surface area (Å²) in [6.45, 7) is 0.210. The topological polar surface area (TPSA) is 48.1 Å². The van der Waals surface area contributed by atoms with E-state index in [1.807, 2.05) is 0 Å². The molecule has 0 aliphatic heterocycles. The van der Waals surface area contributed by atoms with Gasteiger partial charge in [-0.1, -0.05) is 25.7 Å². The van der Waals surface area contributed by atoms with Gasteiger partial charge in [0, 0.05) is 12.3 Å². The Kier molecular flexibility index (Phi) is 4.52. The number of hydrogen-bond acceptors (Lipinski definition) is 3. The average Bonchev–Trinajstić information content (AvgIpc) is 2.61. The maximum atomic E-state index is 12.6. The van der Waals surface area contributed by atoms with Gasteiger partial charge in [0.15, 0.2) is 0 Å². The Balaban J connectivity index is 1.99. The standard InChI is InChI=1S/C14H19F3N2O/c15-14(16,17)11-5-8-19-12(9-11)20-10-13(18)6-3-1-2-4-7-13/h5,8-9H,1-4,6-7,10,18H2. The summed E-state index contributed by atoms with van der Waals surface area (Å²) in [4.78, 5) is 3.81. The molecule has 0 unspecified atom stereocenters. The third kappa shape index (κ3) is 4.10. The highest BCUT2D eigenvalue weighted by atomic mass is 19.4. The smallest absolute Gasteiger partial charge is 0.416 e. The number of pyridine rings is 1. The average molecular weight is 288 g/mol. The predicted molar refractivity (Wildman–Crippen MR) is 69.4 cm³/mol. The lowest BCUT2D eigenvalue weighted by molar-refractivity contribution is -0.137. The number of halogens is 3. The first-order valence-corrected chi connectivity index (χ1v) is 6.84. The molecular formula is C14H19F3N2O. The predicted octanol–water partition coefficient (Wildman–Crippen LogP) is 3.53. The number of rotatable bonds is 3. The van der Waals surface area contributed by atoms with Gasteiger partial charge in [0.05, 0.1) is 11.1 Å². The Morgan fingerprint density at radius 2 is 1.85 bits per heavy atom. The lowest BCUT2D eigenvalue weighted by atomic mass is 9.93. The van der Waals surface area contributed by atoms with E-state index in [1.54, 1.807) is 0 Å². The Hall–Kier alpha value is -1.30. The fourth-order valence-corrected chi connectivity index (χ4v) is 2.46. The van der Waals surface area contributed by atoms with E-state index >= 15 is 0 Å². The van der Waals surface area contributed by atoms with Crippen molar-refractivity contribution in [2.75, 3.05) is 6.61 Å². The van der Waals surface area contributed by atoms with Crippen LogP contribution in [-0.4, -0.2) is 17.1 Å². The summed E-state index contributed by atoms with van der Waals surface area (Å²) < 4.78 is 43.2. The Labute approximate surface area is 116 Å². The first-order chi connectivity index (χ1) is 9.39. The lowest BCUT2D eigenvalue weighted by Crippen LogP contribution is -2.45. The highest BCUT2D eigenvalue weighted by Gasteiger charge is 2.31. The largest absolute Gasteiger partial charge is 0.476 e. The van der Waals surface area contributed by atoms with Crippen molar-refractivity contribution in [3.05, 3.63) is 23.9 Å². The van der Waals surface area contributed by atoms with Gasteiger partial charge in [-0.15, -0.1) is 0 Å².